The topological polar surface area (TPSA) is 127 Å². The minimum atomic E-state index is -0.489. The molecule has 3 aromatic heterocycles. The fourth-order valence-corrected chi connectivity index (χ4v) is 6.50. The Morgan fingerprint density at radius 3 is 0.965 bits per heavy atom. The SMILES string of the molecule is CC1c2ccc(Cl)nc2CN1C(=O)OC(C)(C)C.CSF.C[C@@H]1c2ccc(Cl)nc2CN1C(=O)OC(C)(C)C.C[C@H]1c2ccc(Cl)nc2CN1C(=O)OC(C)(C)C. The molecule has 0 aromatic carbocycles. The first-order chi connectivity index (χ1) is 26.2. The second-order valence-corrected chi connectivity index (χ2v) is 18.0. The monoisotopic (exact) mass is 870 g/mol. The lowest BCUT2D eigenvalue weighted by Gasteiger charge is -2.27. The molecule has 0 saturated carbocycles. The van der Waals surface area contributed by atoms with E-state index in [1.807, 2.05) is 101 Å². The van der Waals surface area contributed by atoms with Crippen LogP contribution >= 0.6 is 47.0 Å². The lowest BCUT2D eigenvalue weighted by atomic mass is 10.1. The standard InChI is InChI=1S/3C13H17ClN2O2.CH3FS/c3*1-8-9-5-6-11(14)15-10(9)7-16(8)12(17)18-13(2,3)4;1-3-2/h3*5-6,8H,7H2,1-4H3;1H3/t2*8-;;/m10../s1. The van der Waals surface area contributed by atoms with Gasteiger partial charge in [-0.15, -0.1) is 0 Å². The van der Waals surface area contributed by atoms with E-state index < -0.39 is 16.8 Å². The van der Waals surface area contributed by atoms with E-state index in [0.717, 1.165) is 33.8 Å². The first-order valence-corrected chi connectivity index (χ1v) is 20.6. The third-order valence-electron chi connectivity index (χ3n) is 8.52. The molecular formula is C40H54Cl3FN6O6S. The molecule has 6 heterocycles. The fourth-order valence-electron chi connectivity index (χ4n) is 6.01. The largest absolute Gasteiger partial charge is 0.444 e. The average molecular weight is 872 g/mol. The normalized spacial score (nSPS) is 18.1. The maximum absolute atomic E-state index is 12.1. The van der Waals surface area contributed by atoms with Gasteiger partial charge in [0.15, 0.2) is 0 Å². The number of carbonyl (C=O) groups is 3. The highest BCUT2D eigenvalue weighted by atomic mass is 35.5. The summed E-state index contributed by atoms with van der Waals surface area (Å²) in [5, 5.41) is 1.35. The fraction of sp³-hybridized carbons (Fsp3) is 0.550. The Kier molecular flexibility index (Phi) is 16.3. The van der Waals surface area contributed by atoms with Crippen LogP contribution in [0.25, 0.3) is 0 Å². The molecule has 0 fully saturated rings. The van der Waals surface area contributed by atoms with Crippen molar-refractivity contribution in [3.8, 4) is 0 Å². The van der Waals surface area contributed by atoms with E-state index in [4.69, 9.17) is 49.0 Å². The lowest BCUT2D eigenvalue weighted by Crippen LogP contribution is -2.35. The van der Waals surface area contributed by atoms with Crippen molar-refractivity contribution in [3.05, 3.63) is 85.6 Å². The van der Waals surface area contributed by atoms with Crippen molar-refractivity contribution in [1.82, 2.24) is 29.7 Å². The van der Waals surface area contributed by atoms with Crippen LogP contribution in [-0.4, -0.2) is 71.0 Å². The first kappa shape index (κ1) is 47.8. The quantitative estimate of drug-likeness (QED) is 0.159. The Hall–Kier alpha value is -3.59. The molecule has 57 heavy (non-hydrogen) atoms. The zero-order valence-corrected chi connectivity index (χ0v) is 38.0. The van der Waals surface area contributed by atoms with Crippen LogP contribution in [0.3, 0.4) is 0 Å². The summed E-state index contributed by atoms with van der Waals surface area (Å²) in [6.45, 7) is 23.9. The van der Waals surface area contributed by atoms with E-state index in [9.17, 15) is 18.3 Å². The number of carbonyl (C=O) groups excluding carboxylic acids is 3. The maximum atomic E-state index is 12.1. The Bertz CT molecular complexity index is 1690. The number of hydrogen-bond acceptors (Lipinski definition) is 10. The van der Waals surface area contributed by atoms with Gasteiger partial charge in [0, 0.05) is 18.4 Å². The van der Waals surface area contributed by atoms with Crippen LogP contribution in [0.15, 0.2) is 36.4 Å². The van der Waals surface area contributed by atoms with Crippen molar-refractivity contribution in [2.75, 3.05) is 6.26 Å². The minimum Gasteiger partial charge on any atom is -0.444 e. The van der Waals surface area contributed by atoms with Gasteiger partial charge in [-0.2, -0.15) is 3.89 Å². The molecule has 17 heteroatoms. The van der Waals surface area contributed by atoms with Crippen LogP contribution in [0.1, 0.15) is 135 Å². The van der Waals surface area contributed by atoms with Gasteiger partial charge in [-0.3, -0.25) is 14.7 Å². The zero-order chi connectivity index (χ0) is 43.2. The zero-order valence-electron chi connectivity index (χ0n) is 34.9. The number of amides is 3. The number of hydrogen-bond donors (Lipinski definition) is 0. The summed E-state index contributed by atoms with van der Waals surface area (Å²) in [4.78, 5) is 53.9. The second-order valence-electron chi connectivity index (χ2n) is 16.5. The molecule has 0 aliphatic carbocycles. The highest BCUT2D eigenvalue weighted by molar-refractivity contribution is 7.93. The molecule has 0 radical (unpaired) electrons. The number of ether oxygens (including phenoxy) is 3. The first-order valence-electron chi connectivity index (χ1n) is 18.3. The summed E-state index contributed by atoms with van der Waals surface area (Å²) in [5.74, 6) is 0. The number of rotatable bonds is 0. The highest BCUT2D eigenvalue weighted by Crippen LogP contribution is 2.36. The van der Waals surface area contributed by atoms with Gasteiger partial charge < -0.3 is 14.2 Å². The lowest BCUT2D eigenvalue weighted by molar-refractivity contribution is 0.0176. The van der Waals surface area contributed by atoms with Crippen molar-refractivity contribution in [3.63, 3.8) is 0 Å². The van der Waals surface area contributed by atoms with Gasteiger partial charge in [0.2, 0.25) is 0 Å². The molecule has 0 bridgehead atoms. The van der Waals surface area contributed by atoms with Crippen LogP contribution in [0.4, 0.5) is 18.3 Å². The molecule has 3 aliphatic rings. The Labute approximate surface area is 355 Å². The molecule has 1 unspecified atom stereocenters. The summed E-state index contributed by atoms with van der Waals surface area (Å²) in [6, 6.07) is 10.9. The van der Waals surface area contributed by atoms with Gasteiger partial charge in [-0.1, -0.05) is 53.0 Å². The number of nitrogens with zero attached hydrogens (tertiary/aromatic N) is 6. The smallest absolute Gasteiger partial charge is 0.411 e. The van der Waals surface area contributed by atoms with Gasteiger partial charge in [0.25, 0.3) is 0 Å². The van der Waals surface area contributed by atoms with Crippen molar-refractivity contribution >= 4 is 65.2 Å². The molecule has 3 aromatic rings. The Balaban J connectivity index is 0.000000221. The molecule has 3 amide bonds. The van der Waals surface area contributed by atoms with Gasteiger partial charge in [0.05, 0.1) is 54.8 Å². The summed E-state index contributed by atoms with van der Waals surface area (Å²) < 4.78 is 26.3. The van der Waals surface area contributed by atoms with E-state index in [2.05, 4.69) is 15.0 Å². The van der Waals surface area contributed by atoms with E-state index in [0.29, 0.717) is 35.1 Å². The molecule has 3 aliphatic heterocycles. The van der Waals surface area contributed by atoms with E-state index in [1.54, 1.807) is 32.9 Å². The molecule has 12 nitrogen and oxygen atoms in total. The average Bonchev–Trinajstić information content (AvgIpc) is 3.69. The summed E-state index contributed by atoms with van der Waals surface area (Å²) in [5.41, 5.74) is 4.17. The Morgan fingerprint density at radius 2 is 0.772 bits per heavy atom. The van der Waals surface area contributed by atoms with Gasteiger partial charge in [0.1, 0.15) is 32.3 Å². The van der Waals surface area contributed by atoms with Crippen LogP contribution in [-0.2, 0) is 33.8 Å². The number of fused-ring (bicyclic) bond motifs is 3. The molecular weight excluding hydrogens is 818 g/mol. The van der Waals surface area contributed by atoms with Crippen LogP contribution in [0.5, 0.6) is 0 Å². The molecule has 0 spiro atoms. The third-order valence-corrected chi connectivity index (χ3v) is 9.15. The summed E-state index contributed by atoms with van der Waals surface area (Å²) in [6.07, 6.45) is 0.428. The van der Waals surface area contributed by atoms with Crippen molar-refractivity contribution < 1.29 is 32.5 Å². The highest BCUT2D eigenvalue weighted by Gasteiger charge is 2.36. The Morgan fingerprint density at radius 1 is 0.561 bits per heavy atom. The van der Waals surface area contributed by atoms with Gasteiger partial charge in [-0.05, 0) is 118 Å². The number of halogens is 4. The number of pyridine rings is 3. The minimum absolute atomic E-state index is 0.0281. The molecule has 6 rings (SSSR count). The molecule has 3 atom stereocenters. The maximum Gasteiger partial charge on any atom is 0.411 e. The summed E-state index contributed by atoms with van der Waals surface area (Å²) in [7, 11) is 0. The van der Waals surface area contributed by atoms with Crippen LogP contribution < -0.4 is 0 Å². The molecule has 314 valence electrons. The second kappa shape index (κ2) is 19.4. The van der Waals surface area contributed by atoms with Gasteiger partial charge >= 0.3 is 18.3 Å². The molecule has 0 saturated heterocycles. The van der Waals surface area contributed by atoms with E-state index in [1.165, 1.54) is 6.26 Å². The third kappa shape index (κ3) is 13.8. The summed E-state index contributed by atoms with van der Waals surface area (Å²) >= 11 is 17.8. The number of aromatic nitrogens is 3. The van der Waals surface area contributed by atoms with Crippen LogP contribution in [0, 0.1) is 0 Å². The van der Waals surface area contributed by atoms with Crippen molar-refractivity contribution in [2.24, 2.45) is 0 Å². The van der Waals surface area contributed by atoms with Gasteiger partial charge in [-0.25, -0.2) is 29.3 Å². The predicted molar refractivity (Wildman–Crippen MR) is 223 cm³/mol. The van der Waals surface area contributed by atoms with E-state index in [-0.39, 0.29) is 48.6 Å². The van der Waals surface area contributed by atoms with Crippen molar-refractivity contribution in [2.45, 2.75) is 138 Å². The van der Waals surface area contributed by atoms with Crippen molar-refractivity contribution in [1.29, 1.82) is 0 Å². The predicted octanol–water partition coefficient (Wildman–Crippen LogP) is 11.9. The molecule has 0 N–H and O–H groups in total. The van der Waals surface area contributed by atoms with E-state index >= 15 is 0 Å². The van der Waals surface area contributed by atoms with Crippen LogP contribution in [0.2, 0.25) is 15.5 Å².